The molecule has 2 aliphatic rings. The SMILES string of the molecule is CCOc1ccc(NC(=O)[C@@H]2[C@H](C(=O)O)[C@H]3C=C[C@H]2C3=C(C)C)cc1. The fraction of sp³-hybridized carbons (Fsp3) is 0.400. The van der Waals surface area contributed by atoms with Crippen molar-refractivity contribution in [3.8, 4) is 5.75 Å². The first kappa shape index (κ1) is 17.3. The highest BCUT2D eigenvalue weighted by Gasteiger charge is 2.54. The highest BCUT2D eigenvalue weighted by Crippen LogP contribution is 2.53. The monoisotopic (exact) mass is 341 g/mol. The summed E-state index contributed by atoms with van der Waals surface area (Å²) in [6.07, 6.45) is 3.92. The van der Waals surface area contributed by atoms with E-state index in [1.165, 1.54) is 0 Å². The fourth-order valence-corrected chi connectivity index (χ4v) is 4.07. The first-order chi connectivity index (χ1) is 11.9. The lowest BCUT2D eigenvalue weighted by atomic mass is 9.82. The maximum Gasteiger partial charge on any atom is 0.308 e. The zero-order chi connectivity index (χ0) is 18.1. The van der Waals surface area contributed by atoms with Crippen LogP contribution in [0.15, 0.2) is 47.6 Å². The number of carboxylic acid groups (broad SMARTS) is 1. The van der Waals surface area contributed by atoms with E-state index in [0.29, 0.717) is 12.3 Å². The van der Waals surface area contributed by atoms with Gasteiger partial charge in [0.2, 0.25) is 5.91 Å². The molecule has 0 spiro atoms. The van der Waals surface area contributed by atoms with E-state index in [2.05, 4.69) is 5.32 Å². The van der Waals surface area contributed by atoms with Crippen LogP contribution in [0.2, 0.25) is 0 Å². The lowest BCUT2D eigenvalue weighted by molar-refractivity contribution is -0.146. The number of allylic oxidation sites excluding steroid dienone is 4. The second-order valence-corrected chi connectivity index (χ2v) is 6.73. The largest absolute Gasteiger partial charge is 0.494 e. The zero-order valence-electron chi connectivity index (χ0n) is 14.7. The summed E-state index contributed by atoms with van der Waals surface area (Å²) in [5, 5.41) is 12.5. The number of aliphatic carboxylic acids is 1. The van der Waals surface area contributed by atoms with Crippen LogP contribution in [0.25, 0.3) is 0 Å². The average molecular weight is 341 g/mol. The Morgan fingerprint density at radius 2 is 1.68 bits per heavy atom. The molecule has 132 valence electrons. The third kappa shape index (κ3) is 3.06. The summed E-state index contributed by atoms with van der Waals surface area (Å²) in [5.41, 5.74) is 2.82. The number of rotatable bonds is 5. The number of fused-ring (bicyclic) bond motifs is 2. The summed E-state index contributed by atoms with van der Waals surface area (Å²) in [6.45, 7) is 6.45. The van der Waals surface area contributed by atoms with Gasteiger partial charge in [-0.1, -0.05) is 23.3 Å². The Bertz CT molecular complexity index is 743. The van der Waals surface area contributed by atoms with Crippen molar-refractivity contribution < 1.29 is 19.4 Å². The molecule has 2 aliphatic carbocycles. The molecule has 1 amide bonds. The molecular weight excluding hydrogens is 318 g/mol. The molecule has 3 rings (SSSR count). The maximum absolute atomic E-state index is 12.8. The Hall–Kier alpha value is -2.56. The molecule has 0 aromatic heterocycles. The van der Waals surface area contributed by atoms with Crippen molar-refractivity contribution in [2.24, 2.45) is 23.7 Å². The Morgan fingerprint density at radius 3 is 2.20 bits per heavy atom. The van der Waals surface area contributed by atoms with Gasteiger partial charge in [0.1, 0.15) is 5.75 Å². The summed E-state index contributed by atoms with van der Waals surface area (Å²) < 4.78 is 5.39. The standard InChI is InChI=1S/C20H23NO4/c1-4-25-13-7-5-12(6-8-13)21-19(22)17-14-9-10-15(16(14)11(2)3)18(17)20(23)24/h5-10,14-15,17-18H,4H2,1-3H3,(H,21,22)(H,23,24)/t14-,15-,17-,18+/m0/s1. The van der Waals surface area contributed by atoms with Crippen molar-refractivity contribution in [3.63, 3.8) is 0 Å². The van der Waals surface area contributed by atoms with Gasteiger partial charge in [0, 0.05) is 17.5 Å². The minimum atomic E-state index is -0.914. The van der Waals surface area contributed by atoms with Gasteiger partial charge in [-0.2, -0.15) is 0 Å². The number of ether oxygens (including phenoxy) is 1. The molecule has 5 heteroatoms. The molecule has 0 unspecified atom stereocenters. The summed E-state index contributed by atoms with van der Waals surface area (Å²) in [7, 11) is 0. The number of hydrogen-bond acceptors (Lipinski definition) is 3. The van der Waals surface area contributed by atoms with Gasteiger partial charge >= 0.3 is 5.97 Å². The van der Waals surface area contributed by atoms with Crippen LogP contribution in [0.5, 0.6) is 5.75 Å². The van der Waals surface area contributed by atoms with Gasteiger partial charge in [0.15, 0.2) is 0 Å². The summed E-state index contributed by atoms with van der Waals surface area (Å²) in [4.78, 5) is 24.6. The van der Waals surface area contributed by atoms with E-state index in [1.807, 2.05) is 32.9 Å². The molecule has 0 heterocycles. The molecule has 1 fully saturated rings. The highest BCUT2D eigenvalue weighted by atomic mass is 16.5. The molecule has 0 saturated heterocycles. The number of anilines is 1. The van der Waals surface area contributed by atoms with Crippen molar-refractivity contribution in [1.29, 1.82) is 0 Å². The van der Waals surface area contributed by atoms with Crippen molar-refractivity contribution in [3.05, 3.63) is 47.6 Å². The molecule has 2 N–H and O–H groups in total. The van der Waals surface area contributed by atoms with Crippen LogP contribution in [-0.2, 0) is 9.59 Å². The maximum atomic E-state index is 12.8. The molecule has 2 bridgehead atoms. The number of hydrogen-bond donors (Lipinski definition) is 2. The molecule has 25 heavy (non-hydrogen) atoms. The van der Waals surface area contributed by atoms with E-state index in [4.69, 9.17) is 4.74 Å². The van der Waals surface area contributed by atoms with Gasteiger partial charge in [0.25, 0.3) is 0 Å². The average Bonchev–Trinajstić information content (AvgIpc) is 3.13. The number of carbonyl (C=O) groups excluding carboxylic acids is 1. The molecule has 1 aromatic rings. The first-order valence-corrected chi connectivity index (χ1v) is 8.56. The number of benzene rings is 1. The molecule has 5 nitrogen and oxygen atoms in total. The minimum absolute atomic E-state index is 0.126. The van der Waals surface area contributed by atoms with Crippen molar-refractivity contribution in [2.45, 2.75) is 20.8 Å². The molecular formula is C20H23NO4. The topological polar surface area (TPSA) is 75.6 Å². The van der Waals surface area contributed by atoms with Gasteiger partial charge in [0.05, 0.1) is 18.4 Å². The quantitative estimate of drug-likeness (QED) is 0.804. The molecule has 4 atom stereocenters. The van der Waals surface area contributed by atoms with Crippen molar-refractivity contribution >= 4 is 17.6 Å². The van der Waals surface area contributed by atoms with Crippen LogP contribution in [0.1, 0.15) is 20.8 Å². The van der Waals surface area contributed by atoms with Crippen molar-refractivity contribution in [2.75, 3.05) is 11.9 Å². The van der Waals surface area contributed by atoms with Gasteiger partial charge < -0.3 is 15.2 Å². The van der Waals surface area contributed by atoms with Gasteiger partial charge in [-0.15, -0.1) is 0 Å². The van der Waals surface area contributed by atoms with E-state index in [9.17, 15) is 14.7 Å². The van der Waals surface area contributed by atoms with Crippen LogP contribution in [0.4, 0.5) is 5.69 Å². The Morgan fingerprint density at radius 1 is 1.08 bits per heavy atom. The fourth-order valence-electron chi connectivity index (χ4n) is 4.07. The molecule has 0 radical (unpaired) electrons. The smallest absolute Gasteiger partial charge is 0.308 e. The number of amides is 1. The predicted molar refractivity (Wildman–Crippen MR) is 95.4 cm³/mol. The van der Waals surface area contributed by atoms with Crippen LogP contribution in [-0.4, -0.2) is 23.6 Å². The second-order valence-electron chi connectivity index (χ2n) is 6.73. The number of nitrogens with one attached hydrogen (secondary N) is 1. The number of carbonyl (C=O) groups is 2. The lowest BCUT2D eigenvalue weighted by Gasteiger charge is -2.23. The third-order valence-corrected chi connectivity index (χ3v) is 5.00. The van der Waals surface area contributed by atoms with E-state index in [1.54, 1.807) is 24.3 Å². The predicted octanol–water partition coefficient (Wildman–Crippen LogP) is 3.49. The van der Waals surface area contributed by atoms with Crippen LogP contribution in [0.3, 0.4) is 0 Å². The van der Waals surface area contributed by atoms with Crippen LogP contribution >= 0.6 is 0 Å². The molecule has 1 saturated carbocycles. The summed E-state index contributed by atoms with van der Waals surface area (Å²) >= 11 is 0. The molecule has 0 aliphatic heterocycles. The van der Waals surface area contributed by atoms with E-state index < -0.39 is 17.8 Å². The summed E-state index contributed by atoms with van der Waals surface area (Å²) in [6, 6.07) is 7.11. The van der Waals surface area contributed by atoms with E-state index >= 15 is 0 Å². The lowest BCUT2D eigenvalue weighted by Crippen LogP contribution is -2.36. The second kappa shape index (κ2) is 6.75. The highest BCUT2D eigenvalue weighted by molar-refractivity contribution is 5.97. The van der Waals surface area contributed by atoms with Crippen molar-refractivity contribution in [1.82, 2.24) is 0 Å². The Balaban J connectivity index is 1.82. The summed E-state index contributed by atoms with van der Waals surface area (Å²) in [5.74, 6) is -2.01. The van der Waals surface area contributed by atoms with Gasteiger partial charge in [-0.25, -0.2) is 0 Å². The third-order valence-electron chi connectivity index (χ3n) is 5.00. The Kier molecular flexibility index (Phi) is 4.66. The Labute approximate surface area is 147 Å². The minimum Gasteiger partial charge on any atom is -0.494 e. The van der Waals surface area contributed by atoms with Crippen LogP contribution < -0.4 is 10.1 Å². The molecule has 1 aromatic carbocycles. The normalized spacial score (nSPS) is 26.6. The van der Waals surface area contributed by atoms with Crippen LogP contribution in [0, 0.1) is 23.7 Å². The van der Waals surface area contributed by atoms with E-state index in [0.717, 1.165) is 16.9 Å². The first-order valence-electron chi connectivity index (χ1n) is 8.56. The van der Waals surface area contributed by atoms with E-state index in [-0.39, 0.29) is 17.7 Å². The van der Waals surface area contributed by atoms with Gasteiger partial charge in [-0.05, 0) is 45.0 Å². The number of carboxylic acids is 1. The van der Waals surface area contributed by atoms with Gasteiger partial charge in [-0.3, -0.25) is 9.59 Å². The zero-order valence-corrected chi connectivity index (χ0v) is 14.7.